The van der Waals surface area contributed by atoms with Gasteiger partial charge in [-0.2, -0.15) is 0 Å². The minimum atomic E-state index is -0.164. The molecule has 104 valence electrons. The maximum Gasteiger partial charge on any atom is 0.323 e. The molecule has 5 N–H and O–H groups in total. The van der Waals surface area contributed by atoms with Gasteiger partial charge in [-0.3, -0.25) is 0 Å². The highest BCUT2D eigenvalue weighted by Crippen LogP contribution is 2.11. The molecule has 1 aromatic heterocycles. The maximum absolute atomic E-state index is 11.2. The Morgan fingerprint density at radius 3 is 2.68 bits per heavy atom. The van der Waals surface area contributed by atoms with E-state index in [-0.39, 0.29) is 5.69 Å². The van der Waals surface area contributed by atoms with E-state index in [2.05, 4.69) is 29.1 Å². The van der Waals surface area contributed by atoms with Crippen LogP contribution in [-0.2, 0) is 6.54 Å². The third kappa shape index (κ3) is 3.45. The third-order valence-electron chi connectivity index (χ3n) is 3.56. The van der Waals surface area contributed by atoms with Gasteiger partial charge in [0.25, 0.3) is 0 Å². The van der Waals surface area contributed by atoms with E-state index in [4.69, 9.17) is 5.73 Å². The average molecular weight is 262 g/mol. The van der Waals surface area contributed by atoms with Crippen LogP contribution in [0.5, 0.6) is 0 Å². The van der Waals surface area contributed by atoms with Crippen molar-refractivity contribution in [2.24, 2.45) is 17.6 Å². The van der Waals surface area contributed by atoms with Crippen LogP contribution in [0.4, 0.5) is 0 Å². The Balaban J connectivity index is 1.96. The molecule has 0 saturated heterocycles. The van der Waals surface area contributed by atoms with Crippen LogP contribution < -0.4 is 16.7 Å². The lowest BCUT2D eigenvalue weighted by atomic mass is 9.96. The van der Waals surface area contributed by atoms with Crippen LogP contribution in [0.3, 0.4) is 0 Å². The Kier molecular flexibility index (Phi) is 4.39. The second-order valence-electron chi connectivity index (χ2n) is 5.33. The summed E-state index contributed by atoms with van der Waals surface area (Å²) in [5.41, 5.74) is 8.43. The number of hydrogen-bond acceptors (Lipinski definition) is 3. The summed E-state index contributed by atoms with van der Waals surface area (Å²) in [6.07, 6.45) is 0. The quantitative estimate of drug-likeness (QED) is 0.630. The first kappa shape index (κ1) is 13.8. The van der Waals surface area contributed by atoms with Crippen LogP contribution in [0.1, 0.15) is 19.4 Å². The molecular weight excluding hydrogens is 240 g/mol. The summed E-state index contributed by atoms with van der Waals surface area (Å²) in [7, 11) is 0. The molecule has 0 saturated carbocycles. The first-order valence-corrected chi connectivity index (χ1v) is 6.72. The van der Waals surface area contributed by atoms with Gasteiger partial charge in [-0.1, -0.05) is 19.9 Å². The van der Waals surface area contributed by atoms with Crippen molar-refractivity contribution in [2.75, 3.05) is 13.1 Å². The number of H-pyrrole nitrogens is 2. The lowest BCUT2D eigenvalue weighted by Crippen LogP contribution is -2.31. The number of benzene rings is 1. The summed E-state index contributed by atoms with van der Waals surface area (Å²) in [5.74, 6) is 1.08. The first-order chi connectivity index (χ1) is 9.10. The van der Waals surface area contributed by atoms with Gasteiger partial charge in [0.15, 0.2) is 0 Å². The molecule has 5 nitrogen and oxygen atoms in total. The Bertz CT molecular complexity index is 584. The van der Waals surface area contributed by atoms with Crippen molar-refractivity contribution in [2.45, 2.75) is 20.4 Å². The van der Waals surface area contributed by atoms with Crippen molar-refractivity contribution >= 4 is 11.0 Å². The molecule has 0 radical (unpaired) electrons. The minimum Gasteiger partial charge on any atom is -0.330 e. The van der Waals surface area contributed by atoms with Crippen LogP contribution in [0, 0.1) is 11.8 Å². The highest BCUT2D eigenvalue weighted by atomic mass is 16.1. The predicted octanol–water partition coefficient (Wildman–Crippen LogP) is 1.18. The van der Waals surface area contributed by atoms with E-state index >= 15 is 0 Å². The number of aromatic nitrogens is 2. The molecule has 0 aliphatic heterocycles. The highest BCUT2D eigenvalue weighted by molar-refractivity contribution is 5.74. The molecule has 0 fully saturated rings. The standard InChI is InChI=1S/C14H22N4O/c1-9(2)11(6-15)8-16-7-10-3-4-12-13(5-10)18-14(19)17-12/h3-5,9,11,16H,6-8,15H2,1-2H3,(H2,17,18,19). The normalized spacial score (nSPS) is 13.3. The number of aromatic amines is 2. The first-order valence-electron chi connectivity index (χ1n) is 6.72. The number of nitrogens with one attached hydrogen (secondary N) is 3. The molecule has 1 atom stereocenters. The van der Waals surface area contributed by atoms with Gasteiger partial charge >= 0.3 is 5.69 Å². The van der Waals surface area contributed by atoms with Gasteiger partial charge in [0.1, 0.15) is 0 Å². The molecular formula is C14H22N4O. The molecule has 5 heteroatoms. The van der Waals surface area contributed by atoms with Crippen molar-refractivity contribution in [3.8, 4) is 0 Å². The summed E-state index contributed by atoms with van der Waals surface area (Å²) in [6, 6.07) is 5.94. The lowest BCUT2D eigenvalue weighted by Gasteiger charge is -2.19. The monoisotopic (exact) mass is 262 g/mol. The molecule has 19 heavy (non-hydrogen) atoms. The van der Waals surface area contributed by atoms with E-state index in [1.54, 1.807) is 0 Å². The molecule has 2 aromatic rings. The van der Waals surface area contributed by atoms with E-state index in [1.165, 1.54) is 0 Å². The van der Waals surface area contributed by atoms with Crippen LogP contribution in [-0.4, -0.2) is 23.1 Å². The zero-order valence-corrected chi connectivity index (χ0v) is 11.5. The third-order valence-corrected chi connectivity index (χ3v) is 3.56. The van der Waals surface area contributed by atoms with Gasteiger partial charge in [0, 0.05) is 6.54 Å². The molecule has 1 aromatic carbocycles. The zero-order valence-electron chi connectivity index (χ0n) is 11.5. The molecule has 1 unspecified atom stereocenters. The van der Waals surface area contributed by atoms with Crippen LogP contribution in [0.25, 0.3) is 11.0 Å². The van der Waals surface area contributed by atoms with Crippen molar-refractivity contribution in [1.29, 1.82) is 0 Å². The lowest BCUT2D eigenvalue weighted by molar-refractivity contribution is 0.370. The predicted molar refractivity (Wildman–Crippen MR) is 78.0 cm³/mol. The Hall–Kier alpha value is -1.59. The van der Waals surface area contributed by atoms with Gasteiger partial charge in [0.2, 0.25) is 0 Å². The maximum atomic E-state index is 11.2. The second kappa shape index (κ2) is 6.04. The van der Waals surface area contributed by atoms with E-state index in [9.17, 15) is 4.79 Å². The summed E-state index contributed by atoms with van der Waals surface area (Å²) in [5, 5.41) is 3.42. The molecule has 0 amide bonds. The van der Waals surface area contributed by atoms with E-state index in [1.807, 2.05) is 18.2 Å². The van der Waals surface area contributed by atoms with Crippen molar-refractivity contribution < 1.29 is 0 Å². The molecule has 1 heterocycles. The zero-order chi connectivity index (χ0) is 13.8. The van der Waals surface area contributed by atoms with Gasteiger partial charge in [-0.05, 0) is 42.6 Å². The minimum absolute atomic E-state index is 0.164. The Morgan fingerprint density at radius 2 is 2.00 bits per heavy atom. The highest BCUT2D eigenvalue weighted by Gasteiger charge is 2.10. The van der Waals surface area contributed by atoms with Gasteiger partial charge in [-0.25, -0.2) is 4.79 Å². The van der Waals surface area contributed by atoms with Gasteiger partial charge < -0.3 is 21.0 Å². The smallest absolute Gasteiger partial charge is 0.323 e. The number of imidazole rings is 1. The molecule has 0 aliphatic carbocycles. The van der Waals surface area contributed by atoms with Crippen LogP contribution >= 0.6 is 0 Å². The van der Waals surface area contributed by atoms with E-state index in [0.29, 0.717) is 18.4 Å². The second-order valence-corrected chi connectivity index (χ2v) is 5.33. The molecule has 0 aliphatic rings. The number of fused-ring (bicyclic) bond motifs is 1. The number of nitrogens with two attached hydrogens (primary N) is 1. The summed E-state index contributed by atoms with van der Waals surface area (Å²) >= 11 is 0. The fourth-order valence-electron chi connectivity index (χ4n) is 2.18. The van der Waals surface area contributed by atoms with Gasteiger partial charge in [0.05, 0.1) is 11.0 Å². The number of rotatable bonds is 6. The Morgan fingerprint density at radius 1 is 1.26 bits per heavy atom. The van der Waals surface area contributed by atoms with Crippen LogP contribution in [0.2, 0.25) is 0 Å². The van der Waals surface area contributed by atoms with Crippen molar-refractivity contribution in [3.63, 3.8) is 0 Å². The molecule has 0 spiro atoms. The van der Waals surface area contributed by atoms with E-state index in [0.717, 1.165) is 29.7 Å². The fourth-order valence-corrected chi connectivity index (χ4v) is 2.18. The topological polar surface area (TPSA) is 86.7 Å². The molecule has 2 rings (SSSR count). The Labute approximate surface area is 112 Å². The summed E-state index contributed by atoms with van der Waals surface area (Å²) < 4.78 is 0. The van der Waals surface area contributed by atoms with E-state index < -0.39 is 0 Å². The SMILES string of the molecule is CC(C)C(CN)CNCc1ccc2[nH]c(=O)[nH]c2c1. The fraction of sp³-hybridized carbons (Fsp3) is 0.500. The average Bonchev–Trinajstić information content (AvgIpc) is 2.73. The summed E-state index contributed by atoms with van der Waals surface area (Å²) in [4.78, 5) is 16.7. The van der Waals surface area contributed by atoms with Crippen LogP contribution in [0.15, 0.2) is 23.0 Å². The summed E-state index contributed by atoms with van der Waals surface area (Å²) in [6.45, 7) is 6.78. The van der Waals surface area contributed by atoms with Gasteiger partial charge in [-0.15, -0.1) is 0 Å². The van der Waals surface area contributed by atoms with Crippen molar-refractivity contribution in [1.82, 2.24) is 15.3 Å². The van der Waals surface area contributed by atoms with Crippen molar-refractivity contribution in [3.05, 3.63) is 34.2 Å². The molecule has 0 bridgehead atoms. The largest absolute Gasteiger partial charge is 0.330 e. The number of hydrogen-bond donors (Lipinski definition) is 4.